The standard InChI is InChI=1S/C15H22N2O3/c1-11(2)16-10-6-8-12(16)14(18)17-9-5-4-7-13(17)15(19)20-3/h6,8,10-11,13H,4-5,7,9H2,1-3H3/t13-/m1/s1. The summed E-state index contributed by atoms with van der Waals surface area (Å²) in [4.78, 5) is 26.2. The number of rotatable bonds is 3. The van der Waals surface area contributed by atoms with Gasteiger partial charge in [-0.2, -0.15) is 0 Å². The molecule has 110 valence electrons. The van der Waals surface area contributed by atoms with Crippen LogP contribution in [0.3, 0.4) is 0 Å². The predicted octanol–water partition coefficient (Wildman–Crippen LogP) is 2.24. The second kappa shape index (κ2) is 6.11. The Morgan fingerprint density at radius 2 is 2.10 bits per heavy atom. The molecule has 1 saturated heterocycles. The second-order valence-corrected chi connectivity index (χ2v) is 5.43. The molecule has 5 nitrogen and oxygen atoms in total. The minimum Gasteiger partial charge on any atom is -0.467 e. The highest BCUT2D eigenvalue weighted by Crippen LogP contribution is 2.22. The van der Waals surface area contributed by atoms with Crippen molar-refractivity contribution in [1.29, 1.82) is 0 Å². The largest absolute Gasteiger partial charge is 0.467 e. The smallest absolute Gasteiger partial charge is 0.328 e. The van der Waals surface area contributed by atoms with Gasteiger partial charge in [-0.3, -0.25) is 4.79 Å². The van der Waals surface area contributed by atoms with Crippen molar-refractivity contribution in [3.05, 3.63) is 24.0 Å². The first-order valence-corrected chi connectivity index (χ1v) is 7.12. The maximum absolute atomic E-state index is 12.7. The molecule has 20 heavy (non-hydrogen) atoms. The van der Waals surface area contributed by atoms with E-state index in [-0.39, 0.29) is 17.9 Å². The second-order valence-electron chi connectivity index (χ2n) is 5.43. The first kappa shape index (κ1) is 14.6. The number of methoxy groups -OCH3 is 1. The number of carbonyl (C=O) groups excluding carboxylic acids is 2. The number of amides is 1. The van der Waals surface area contributed by atoms with Crippen LogP contribution in [0.15, 0.2) is 18.3 Å². The fraction of sp³-hybridized carbons (Fsp3) is 0.600. The first-order chi connectivity index (χ1) is 9.56. The van der Waals surface area contributed by atoms with Gasteiger partial charge < -0.3 is 14.2 Å². The zero-order chi connectivity index (χ0) is 14.7. The lowest BCUT2D eigenvalue weighted by molar-refractivity contribution is -0.147. The number of hydrogen-bond acceptors (Lipinski definition) is 3. The van der Waals surface area contributed by atoms with E-state index >= 15 is 0 Å². The van der Waals surface area contributed by atoms with Gasteiger partial charge in [0.2, 0.25) is 0 Å². The number of likely N-dealkylation sites (tertiary alicyclic amines) is 1. The number of esters is 1. The Bertz CT molecular complexity index is 493. The van der Waals surface area contributed by atoms with E-state index in [2.05, 4.69) is 0 Å². The molecule has 1 aliphatic rings. The Kier molecular flexibility index (Phi) is 4.47. The van der Waals surface area contributed by atoms with E-state index in [4.69, 9.17) is 4.74 Å². The number of piperidine rings is 1. The normalized spacial score (nSPS) is 19.2. The molecule has 5 heteroatoms. The molecule has 2 heterocycles. The van der Waals surface area contributed by atoms with E-state index in [1.165, 1.54) is 7.11 Å². The Morgan fingerprint density at radius 1 is 1.35 bits per heavy atom. The molecule has 2 rings (SSSR count). The van der Waals surface area contributed by atoms with Crippen molar-refractivity contribution >= 4 is 11.9 Å². The summed E-state index contributed by atoms with van der Waals surface area (Å²) in [7, 11) is 1.37. The highest BCUT2D eigenvalue weighted by molar-refractivity contribution is 5.95. The molecule has 0 radical (unpaired) electrons. The van der Waals surface area contributed by atoms with Crippen molar-refractivity contribution in [2.45, 2.75) is 45.2 Å². The van der Waals surface area contributed by atoms with Gasteiger partial charge in [-0.15, -0.1) is 0 Å². The third kappa shape index (κ3) is 2.71. The SMILES string of the molecule is COC(=O)[C@H]1CCCCN1C(=O)c1cccn1C(C)C. The van der Waals surface area contributed by atoms with Crippen molar-refractivity contribution in [1.82, 2.24) is 9.47 Å². The Labute approximate surface area is 119 Å². The average molecular weight is 278 g/mol. The van der Waals surface area contributed by atoms with E-state index < -0.39 is 6.04 Å². The zero-order valence-electron chi connectivity index (χ0n) is 12.3. The van der Waals surface area contributed by atoms with Gasteiger partial charge in [0.25, 0.3) is 5.91 Å². The zero-order valence-corrected chi connectivity index (χ0v) is 12.3. The maximum Gasteiger partial charge on any atom is 0.328 e. The number of nitrogens with zero attached hydrogens (tertiary/aromatic N) is 2. The molecule has 1 amide bonds. The summed E-state index contributed by atoms with van der Waals surface area (Å²) in [6, 6.07) is 3.44. The molecule has 1 aromatic rings. The van der Waals surface area contributed by atoms with Crippen LogP contribution in [-0.4, -0.2) is 41.0 Å². The molecule has 0 aromatic carbocycles. The lowest BCUT2D eigenvalue weighted by Gasteiger charge is -2.34. The Morgan fingerprint density at radius 3 is 2.75 bits per heavy atom. The molecule has 1 atom stereocenters. The van der Waals surface area contributed by atoms with E-state index in [0.29, 0.717) is 18.7 Å². The van der Waals surface area contributed by atoms with Gasteiger partial charge in [-0.05, 0) is 45.2 Å². The number of ether oxygens (including phenoxy) is 1. The van der Waals surface area contributed by atoms with Crippen LogP contribution in [0.25, 0.3) is 0 Å². The van der Waals surface area contributed by atoms with Crippen LogP contribution in [0.4, 0.5) is 0 Å². The summed E-state index contributed by atoms with van der Waals surface area (Å²) in [6.07, 6.45) is 4.46. The van der Waals surface area contributed by atoms with Crippen LogP contribution in [0, 0.1) is 0 Å². The summed E-state index contributed by atoms with van der Waals surface area (Å²) in [5.41, 5.74) is 0.635. The van der Waals surface area contributed by atoms with Crippen LogP contribution < -0.4 is 0 Å². The van der Waals surface area contributed by atoms with Crippen molar-refractivity contribution in [3.8, 4) is 0 Å². The van der Waals surface area contributed by atoms with Gasteiger partial charge in [0.15, 0.2) is 0 Å². The van der Waals surface area contributed by atoms with Crippen LogP contribution >= 0.6 is 0 Å². The predicted molar refractivity (Wildman–Crippen MR) is 75.5 cm³/mol. The van der Waals surface area contributed by atoms with E-state index in [9.17, 15) is 9.59 Å². The molecular formula is C15H22N2O3. The summed E-state index contributed by atoms with van der Waals surface area (Å²) in [5, 5.41) is 0. The van der Waals surface area contributed by atoms with Crippen LogP contribution in [0.1, 0.15) is 49.6 Å². The number of hydrogen-bond donors (Lipinski definition) is 0. The van der Waals surface area contributed by atoms with Crippen LogP contribution in [0.5, 0.6) is 0 Å². The molecule has 0 N–H and O–H groups in total. The quantitative estimate of drug-likeness (QED) is 0.797. The fourth-order valence-electron chi connectivity index (χ4n) is 2.73. The van der Waals surface area contributed by atoms with Gasteiger partial charge in [-0.1, -0.05) is 0 Å². The third-order valence-corrected chi connectivity index (χ3v) is 3.79. The molecule has 0 saturated carbocycles. The molecule has 0 aliphatic carbocycles. The number of carbonyl (C=O) groups is 2. The van der Waals surface area contributed by atoms with Gasteiger partial charge in [0, 0.05) is 18.8 Å². The lowest BCUT2D eigenvalue weighted by Crippen LogP contribution is -2.49. The average Bonchev–Trinajstić information content (AvgIpc) is 2.95. The van der Waals surface area contributed by atoms with Crippen molar-refractivity contribution < 1.29 is 14.3 Å². The van der Waals surface area contributed by atoms with Gasteiger partial charge in [0.05, 0.1) is 7.11 Å². The minimum atomic E-state index is -0.447. The summed E-state index contributed by atoms with van der Waals surface area (Å²) in [5.74, 6) is -0.403. The molecule has 1 aliphatic heterocycles. The highest BCUT2D eigenvalue weighted by atomic mass is 16.5. The van der Waals surface area contributed by atoms with Crippen molar-refractivity contribution in [2.75, 3.05) is 13.7 Å². The Hall–Kier alpha value is -1.78. The summed E-state index contributed by atoms with van der Waals surface area (Å²) in [6.45, 7) is 4.68. The number of aromatic nitrogens is 1. The van der Waals surface area contributed by atoms with E-state index in [0.717, 1.165) is 12.8 Å². The maximum atomic E-state index is 12.7. The lowest BCUT2D eigenvalue weighted by atomic mass is 10.0. The summed E-state index contributed by atoms with van der Waals surface area (Å²) >= 11 is 0. The molecule has 1 fully saturated rings. The van der Waals surface area contributed by atoms with Gasteiger partial charge in [0.1, 0.15) is 11.7 Å². The monoisotopic (exact) mass is 278 g/mol. The third-order valence-electron chi connectivity index (χ3n) is 3.79. The minimum absolute atomic E-state index is 0.0844. The topological polar surface area (TPSA) is 51.5 Å². The van der Waals surface area contributed by atoms with E-state index in [1.54, 1.807) is 4.90 Å². The van der Waals surface area contributed by atoms with Gasteiger partial charge >= 0.3 is 5.97 Å². The highest BCUT2D eigenvalue weighted by Gasteiger charge is 2.34. The fourth-order valence-corrected chi connectivity index (χ4v) is 2.73. The molecule has 1 aromatic heterocycles. The van der Waals surface area contributed by atoms with Crippen LogP contribution in [-0.2, 0) is 9.53 Å². The van der Waals surface area contributed by atoms with Crippen molar-refractivity contribution in [2.24, 2.45) is 0 Å². The molecular weight excluding hydrogens is 256 g/mol. The van der Waals surface area contributed by atoms with Crippen LogP contribution in [0.2, 0.25) is 0 Å². The van der Waals surface area contributed by atoms with E-state index in [1.807, 2.05) is 36.7 Å². The van der Waals surface area contributed by atoms with Gasteiger partial charge in [-0.25, -0.2) is 4.79 Å². The summed E-state index contributed by atoms with van der Waals surface area (Å²) < 4.78 is 6.76. The molecule has 0 bridgehead atoms. The first-order valence-electron chi connectivity index (χ1n) is 7.12. The molecule has 0 unspecified atom stereocenters. The Balaban J connectivity index is 2.25. The molecule has 0 spiro atoms. The van der Waals surface area contributed by atoms with Crippen molar-refractivity contribution in [3.63, 3.8) is 0 Å².